The van der Waals surface area contributed by atoms with Crippen molar-refractivity contribution >= 4 is 5.96 Å². The minimum Gasteiger partial charge on any atom is -0.490 e. The van der Waals surface area contributed by atoms with Crippen molar-refractivity contribution in [2.45, 2.75) is 65.1 Å². The lowest BCUT2D eigenvalue weighted by atomic mass is 9.98. The van der Waals surface area contributed by atoms with E-state index in [9.17, 15) is 0 Å². The molecule has 1 heterocycles. The Morgan fingerprint density at radius 2 is 1.79 bits per heavy atom. The molecule has 0 bridgehead atoms. The molecular formula is C22H33N5O. The first-order valence-corrected chi connectivity index (χ1v) is 10.3. The van der Waals surface area contributed by atoms with Gasteiger partial charge in [0.1, 0.15) is 5.75 Å². The summed E-state index contributed by atoms with van der Waals surface area (Å²) in [4.78, 5) is 4.32. The summed E-state index contributed by atoms with van der Waals surface area (Å²) in [6.45, 7) is 5.55. The van der Waals surface area contributed by atoms with Crippen LogP contribution in [0.4, 0.5) is 0 Å². The van der Waals surface area contributed by atoms with Gasteiger partial charge in [0.05, 0.1) is 11.8 Å². The number of nitrogens with one attached hydrogen (secondary N) is 2. The number of rotatable bonds is 6. The first-order chi connectivity index (χ1) is 13.6. The van der Waals surface area contributed by atoms with E-state index in [1.54, 1.807) is 7.05 Å². The molecule has 0 amide bonds. The van der Waals surface area contributed by atoms with Crippen LogP contribution in [0.2, 0.25) is 0 Å². The summed E-state index contributed by atoms with van der Waals surface area (Å²) < 4.78 is 8.02. The van der Waals surface area contributed by atoms with E-state index in [-0.39, 0.29) is 0 Å². The maximum absolute atomic E-state index is 6.10. The topological polar surface area (TPSA) is 63.5 Å². The maximum Gasteiger partial charge on any atom is 0.191 e. The molecule has 1 aliphatic rings. The smallest absolute Gasteiger partial charge is 0.191 e. The van der Waals surface area contributed by atoms with Gasteiger partial charge in [-0.1, -0.05) is 18.6 Å². The highest BCUT2D eigenvalue weighted by Gasteiger charge is 2.14. The second-order valence-corrected chi connectivity index (χ2v) is 7.57. The largest absolute Gasteiger partial charge is 0.490 e. The van der Waals surface area contributed by atoms with Crippen LogP contribution in [0.1, 0.15) is 54.6 Å². The third-order valence-electron chi connectivity index (χ3n) is 5.55. The molecule has 6 nitrogen and oxygen atoms in total. The summed E-state index contributed by atoms with van der Waals surface area (Å²) in [5.74, 6) is 1.76. The SMILES string of the molecule is CN=C(NCc1ccc(OC2CCCCC2)cc1)NCc1c(C)nn(C)c1C. The molecule has 0 aliphatic heterocycles. The van der Waals surface area contributed by atoms with E-state index < -0.39 is 0 Å². The van der Waals surface area contributed by atoms with Crippen LogP contribution in [0.3, 0.4) is 0 Å². The van der Waals surface area contributed by atoms with Gasteiger partial charge in [0.2, 0.25) is 0 Å². The van der Waals surface area contributed by atoms with Gasteiger partial charge < -0.3 is 15.4 Å². The average Bonchev–Trinajstić information content (AvgIpc) is 2.95. The van der Waals surface area contributed by atoms with E-state index in [1.165, 1.54) is 48.9 Å². The van der Waals surface area contributed by atoms with Gasteiger partial charge in [-0.15, -0.1) is 0 Å². The van der Waals surface area contributed by atoms with Gasteiger partial charge in [0, 0.05) is 38.4 Å². The van der Waals surface area contributed by atoms with Crippen molar-refractivity contribution in [3.63, 3.8) is 0 Å². The maximum atomic E-state index is 6.10. The standard InChI is InChI=1S/C22H33N5O/c1-16-21(17(2)27(4)26-16)15-25-22(23-3)24-14-18-10-12-20(13-11-18)28-19-8-6-5-7-9-19/h10-13,19H,5-9,14-15H2,1-4H3,(H2,23,24,25). The third-order valence-corrected chi connectivity index (χ3v) is 5.55. The molecule has 1 aromatic carbocycles. The van der Waals surface area contributed by atoms with Gasteiger partial charge in [-0.05, 0) is 57.2 Å². The summed E-state index contributed by atoms with van der Waals surface area (Å²) in [5, 5.41) is 11.2. The molecule has 6 heteroatoms. The number of nitrogens with zero attached hydrogens (tertiary/aromatic N) is 3. The van der Waals surface area contributed by atoms with Crippen LogP contribution in [0.15, 0.2) is 29.3 Å². The fourth-order valence-corrected chi connectivity index (χ4v) is 3.71. The molecule has 3 rings (SSSR count). The monoisotopic (exact) mass is 383 g/mol. The van der Waals surface area contributed by atoms with Crippen LogP contribution in [0, 0.1) is 13.8 Å². The van der Waals surface area contributed by atoms with Crippen LogP contribution >= 0.6 is 0 Å². The minimum atomic E-state index is 0.389. The van der Waals surface area contributed by atoms with Crippen LogP contribution < -0.4 is 15.4 Å². The predicted octanol–water partition coefficient (Wildman–Crippen LogP) is 3.61. The summed E-state index contributed by atoms with van der Waals surface area (Å²) in [6, 6.07) is 8.38. The zero-order valence-electron chi connectivity index (χ0n) is 17.6. The molecule has 1 fully saturated rings. The number of ether oxygens (including phenoxy) is 1. The van der Waals surface area contributed by atoms with Crippen LogP contribution in [0.5, 0.6) is 5.75 Å². The second kappa shape index (κ2) is 9.62. The predicted molar refractivity (Wildman–Crippen MR) is 114 cm³/mol. The van der Waals surface area contributed by atoms with E-state index in [0.29, 0.717) is 19.2 Å². The summed E-state index contributed by atoms with van der Waals surface area (Å²) in [6.07, 6.45) is 6.68. The Morgan fingerprint density at radius 1 is 1.11 bits per heavy atom. The number of hydrogen-bond donors (Lipinski definition) is 2. The van der Waals surface area contributed by atoms with E-state index in [1.807, 2.05) is 18.7 Å². The molecule has 1 saturated carbocycles. The molecule has 1 aromatic heterocycles. The van der Waals surface area contributed by atoms with E-state index in [0.717, 1.165) is 17.4 Å². The van der Waals surface area contributed by atoms with Crippen LogP contribution in [0.25, 0.3) is 0 Å². The Hall–Kier alpha value is -2.50. The zero-order chi connectivity index (χ0) is 19.9. The van der Waals surface area contributed by atoms with E-state index in [4.69, 9.17) is 4.74 Å². The number of guanidine groups is 1. The second-order valence-electron chi connectivity index (χ2n) is 7.57. The number of aryl methyl sites for hydroxylation is 2. The van der Waals surface area contributed by atoms with Gasteiger partial charge in [0.15, 0.2) is 5.96 Å². The molecule has 2 N–H and O–H groups in total. The van der Waals surface area contributed by atoms with E-state index in [2.05, 4.69) is 51.9 Å². The zero-order valence-corrected chi connectivity index (χ0v) is 17.6. The van der Waals surface area contributed by atoms with E-state index >= 15 is 0 Å². The summed E-state index contributed by atoms with van der Waals surface area (Å²) in [7, 11) is 3.76. The molecule has 0 spiro atoms. The fourth-order valence-electron chi connectivity index (χ4n) is 3.71. The quantitative estimate of drug-likeness (QED) is 0.591. The Bertz CT molecular complexity index is 788. The molecule has 0 radical (unpaired) electrons. The molecule has 0 saturated heterocycles. The van der Waals surface area contributed by atoms with Crippen molar-refractivity contribution in [3.05, 3.63) is 46.8 Å². The summed E-state index contributed by atoms with van der Waals surface area (Å²) >= 11 is 0. The van der Waals surface area contributed by atoms with Crippen molar-refractivity contribution in [1.29, 1.82) is 0 Å². The number of benzene rings is 1. The highest BCUT2D eigenvalue weighted by molar-refractivity contribution is 5.79. The van der Waals surface area contributed by atoms with Crippen LogP contribution in [-0.4, -0.2) is 28.9 Å². The molecule has 152 valence electrons. The molecule has 1 aliphatic carbocycles. The van der Waals surface area contributed by atoms with Crippen molar-refractivity contribution in [1.82, 2.24) is 20.4 Å². The third kappa shape index (κ3) is 5.27. The number of aromatic nitrogens is 2. The molecule has 0 atom stereocenters. The van der Waals surface area contributed by atoms with Gasteiger partial charge in [-0.3, -0.25) is 9.67 Å². The lowest BCUT2D eigenvalue weighted by Crippen LogP contribution is -2.36. The van der Waals surface area contributed by atoms with Crippen molar-refractivity contribution in [2.75, 3.05) is 7.05 Å². The van der Waals surface area contributed by atoms with Crippen molar-refractivity contribution in [3.8, 4) is 5.75 Å². The Balaban J connectivity index is 1.48. The van der Waals surface area contributed by atoms with Gasteiger partial charge in [-0.2, -0.15) is 5.10 Å². The highest BCUT2D eigenvalue weighted by atomic mass is 16.5. The lowest BCUT2D eigenvalue weighted by molar-refractivity contribution is 0.155. The average molecular weight is 384 g/mol. The summed E-state index contributed by atoms with van der Waals surface area (Å²) in [5.41, 5.74) is 4.65. The number of aliphatic imine (C=N–C) groups is 1. The first-order valence-electron chi connectivity index (χ1n) is 10.3. The molecular weight excluding hydrogens is 350 g/mol. The molecule has 2 aromatic rings. The van der Waals surface area contributed by atoms with Gasteiger partial charge in [-0.25, -0.2) is 0 Å². The minimum absolute atomic E-state index is 0.389. The van der Waals surface area contributed by atoms with Gasteiger partial charge in [0.25, 0.3) is 0 Å². The lowest BCUT2D eigenvalue weighted by Gasteiger charge is -2.23. The Morgan fingerprint density at radius 3 is 2.39 bits per heavy atom. The van der Waals surface area contributed by atoms with Crippen molar-refractivity contribution < 1.29 is 4.74 Å². The first kappa shape index (κ1) is 20.2. The van der Waals surface area contributed by atoms with Crippen LogP contribution in [-0.2, 0) is 20.1 Å². The number of hydrogen-bond acceptors (Lipinski definition) is 3. The molecule has 28 heavy (non-hydrogen) atoms. The molecule has 0 unspecified atom stereocenters. The van der Waals surface area contributed by atoms with Crippen molar-refractivity contribution in [2.24, 2.45) is 12.0 Å². The highest BCUT2D eigenvalue weighted by Crippen LogP contribution is 2.23. The Kier molecular flexibility index (Phi) is 6.95. The fraction of sp³-hybridized carbons (Fsp3) is 0.545. The normalized spacial score (nSPS) is 15.5. The van der Waals surface area contributed by atoms with Gasteiger partial charge >= 0.3 is 0 Å². The Labute approximate surface area is 168 Å².